The first-order valence-electron chi connectivity index (χ1n) is 3.91. The van der Waals surface area contributed by atoms with E-state index < -0.39 is 0 Å². The second-order valence-electron chi connectivity index (χ2n) is 2.89. The highest BCUT2D eigenvalue weighted by Crippen LogP contribution is 2.30. The number of aliphatic hydroxyl groups excluding tert-OH is 1. The molecule has 1 aromatic heterocycles. The lowest BCUT2D eigenvalue weighted by Gasteiger charge is -1.98. The third-order valence-electron chi connectivity index (χ3n) is 1.53. The highest BCUT2D eigenvalue weighted by Gasteiger charge is 2.11. The molecule has 0 radical (unpaired) electrons. The molecule has 0 aliphatic heterocycles. The van der Waals surface area contributed by atoms with Crippen molar-refractivity contribution in [2.24, 2.45) is 0 Å². The number of aliphatic hydroxyl groups is 1. The van der Waals surface area contributed by atoms with Crippen LogP contribution < -0.4 is 0 Å². The third-order valence-corrected chi connectivity index (χ3v) is 3.34. The molecule has 0 saturated carbocycles. The van der Waals surface area contributed by atoms with Crippen molar-refractivity contribution in [2.45, 2.75) is 26.2 Å². The van der Waals surface area contributed by atoms with Gasteiger partial charge in [0.15, 0.2) is 0 Å². The predicted octanol–water partition coefficient (Wildman–Crippen LogP) is 2.56. The average Bonchev–Trinajstić information content (AvgIpc) is 2.32. The van der Waals surface area contributed by atoms with Gasteiger partial charge in [-0.3, -0.25) is 0 Å². The number of halogens is 1. The number of hydrogen-bond acceptors (Lipinski definition) is 3. The summed E-state index contributed by atoms with van der Waals surface area (Å²) < 4.78 is 1.10. The van der Waals surface area contributed by atoms with E-state index in [2.05, 4.69) is 34.8 Å². The molecular weight excluding hydrogens is 238 g/mol. The summed E-state index contributed by atoms with van der Waals surface area (Å²) in [6.07, 6.45) is 0.663. The number of nitrogens with zero attached hydrogens (tertiary/aromatic N) is 1. The first kappa shape index (κ1) is 10.2. The van der Waals surface area contributed by atoms with E-state index in [0.717, 1.165) is 14.5 Å². The van der Waals surface area contributed by atoms with Crippen LogP contribution in [-0.2, 0) is 6.42 Å². The van der Waals surface area contributed by atoms with Gasteiger partial charge in [0.1, 0.15) is 0 Å². The van der Waals surface area contributed by atoms with Crippen LogP contribution in [-0.4, -0.2) is 16.7 Å². The van der Waals surface area contributed by atoms with Gasteiger partial charge in [-0.15, -0.1) is 11.3 Å². The average molecular weight is 250 g/mol. The maximum atomic E-state index is 8.71. The zero-order valence-corrected chi connectivity index (χ0v) is 9.57. The Kier molecular flexibility index (Phi) is 3.68. The molecule has 0 unspecified atom stereocenters. The van der Waals surface area contributed by atoms with Crippen molar-refractivity contribution in [1.82, 2.24) is 4.98 Å². The van der Waals surface area contributed by atoms with E-state index in [1.165, 1.54) is 0 Å². The molecule has 0 atom stereocenters. The Labute approximate surface area is 84.8 Å². The van der Waals surface area contributed by atoms with Crippen molar-refractivity contribution in [2.75, 3.05) is 6.61 Å². The molecule has 0 bridgehead atoms. The number of aromatic nitrogens is 1. The third kappa shape index (κ3) is 2.28. The quantitative estimate of drug-likeness (QED) is 0.894. The summed E-state index contributed by atoms with van der Waals surface area (Å²) in [5, 5.41) is 9.72. The first-order valence-corrected chi connectivity index (χ1v) is 5.52. The predicted molar refractivity (Wildman–Crippen MR) is 54.7 cm³/mol. The Bertz CT molecular complexity index is 260. The Hall–Kier alpha value is 0.0700. The molecule has 4 heteroatoms. The summed E-state index contributed by atoms with van der Waals surface area (Å²) >= 11 is 5.07. The van der Waals surface area contributed by atoms with E-state index in [-0.39, 0.29) is 6.61 Å². The van der Waals surface area contributed by atoms with Gasteiger partial charge in [0, 0.05) is 13.0 Å². The van der Waals surface area contributed by atoms with E-state index in [0.29, 0.717) is 12.3 Å². The first-order chi connectivity index (χ1) is 5.65. The Balaban J connectivity index is 2.85. The Morgan fingerprint density at radius 1 is 1.58 bits per heavy atom. The van der Waals surface area contributed by atoms with Gasteiger partial charge in [0.05, 0.1) is 14.5 Å². The minimum atomic E-state index is 0.178. The van der Waals surface area contributed by atoms with Crippen molar-refractivity contribution in [3.8, 4) is 0 Å². The van der Waals surface area contributed by atoms with Crippen molar-refractivity contribution in [3.05, 3.63) is 14.5 Å². The number of thiazole rings is 1. The van der Waals surface area contributed by atoms with Crippen LogP contribution in [0.4, 0.5) is 0 Å². The molecule has 1 rings (SSSR count). The fourth-order valence-corrected chi connectivity index (χ4v) is 2.95. The number of rotatable bonds is 3. The smallest absolute Gasteiger partial charge is 0.0963 e. The molecule has 2 nitrogen and oxygen atoms in total. The summed E-state index contributed by atoms with van der Waals surface area (Å²) in [5.74, 6) is 0.447. The van der Waals surface area contributed by atoms with Crippen molar-refractivity contribution >= 4 is 27.3 Å². The SMILES string of the molecule is CC(C)c1nc(CCO)sc1Br. The van der Waals surface area contributed by atoms with Gasteiger partial charge in [-0.05, 0) is 21.8 Å². The van der Waals surface area contributed by atoms with Crippen LogP contribution in [0.2, 0.25) is 0 Å². The summed E-state index contributed by atoms with van der Waals surface area (Å²) in [6.45, 7) is 4.41. The van der Waals surface area contributed by atoms with Gasteiger partial charge >= 0.3 is 0 Å². The lowest BCUT2D eigenvalue weighted by Crippen LogP contribution is -1.92. The minimum Gasteiger partial charge on any atom is -0.396 e. The molecule has 0 amide bonds. The van der Waals surface area contributed by atoms with Gasteiger partial charge in [0.2, 0.25) is 0 Å². The van der Waals surface area contributed by atoms with Crippen LogP contribution in [0.1, 0.15) is 30.5 Å². The van der Waals surface area contributed by atoms with E-state index in [1.807, 2.05) is 0 Å². The molecular formula is C8H12BrNOS. The van der Waals surface area contributed by atoms with Gasteiger partial charge in [0.25, 0.3) is 0 Å². The maximum Gasteiger partial charge on any atom is 0.0963 e. The van der Waals surface area contributed by atoms with Crippen molar-refractivity contribution in [3.63, 3.8) is 0 Å². The summed E-state index contributed by atoms with van der Waals surface area (Å²) in [4.78, 5) is 4.41. The van der Waals surface area contributed by atoms with Gasteiger partial charge < -0.3 is 5.11 Å². The topological polar surface area (TPSA) is 33.1 Å². The molecule has 0 aliphatic rings. The second kappa shape index (κ2) is 4.35. The molecule has 1 N–H and O–H groups in total. The van der Waals surface area contributed by atoms with E-state index >= 15 is 0 Å². The summed E-state index contributed by atoms with van der Waals surface area (Å²) in [6, 6.07) is 0. The standard InChI is InChI=1S/C8H12BrNOS/c1-5(2)7-8(9)12-6(10-7)3-4-11/h5,11H,3-4H2,1-2H3. The summed E-state index contributed by atoms with van der Waals surface area (Å²) in [7, 11) is 0. The molecule has 12 heavy (non-hydrogen) atoms. The van der Waals surface area contributed by atoms with Crippen LogP contribution in [0.15, 0.2) is 3.79 Å². The zero-order chi connectivity index (χ0) is 9.14. The van der Waals surface area contributed by atoms with Crippen LogP contribution in [0.3, 0.4) is 0 Å². The highest BCUT2D eigenvalue weighted by molar-refractivity contribution is 9.11. The molecule has 1 heterocycles. The van der Waals surface area contributed by atoms with Crippen LogP contribution in [0.5, 0.6) is 0 Å². The highest BCUT2D eigenvalue weighted by atomic mass is 79.9. The van der Waals surface area contributed by atoms with E-state index in [4.69, 9.17) is 5.11 Å². The van der Waals surface area contributed by atoms with Gasteiger partial charge in [-0.25, -0.2) is 4.98 Å². The normalized spacial score (nSPS) is 11.1. The largest absolute Gasteiger partial charge is 0.396 e. The molecule has 0 spiro atoms. The minimum absolute atomic E-state index is 0.178. The van der Waals surface area contributed by atoms with E-state index in [9.17, 15) is 0 Å². The van der Waals surface area contributed by atoms with Gasteiger partial charge in [-0.1, -0.05) is 13.8 Å². The Morgan fingerprint density at radius 2 is 2.25 bits per heavy atom. The van der Waals surface area contributed by atoms with Crippen molar-refractivity contribution < 1.29 is 5.11 Å². The second-order valence-corrected chi connectivity index (χ2v) is 5.30. The molecule has 0 fully saturated rings. The zero-order valence-electron chi connectivity index (χ0n) is 7.17. The van der Waals surface area contributed by atoms with Gasteiger partial charge in [-0.2, -0.15) is 0 Å². The van der Waals surface area contributed by atoms with Crippen LogP contribution in [0.25, 0.3) is 0 Å². The molecule has 0 saturated heterocycles. The Morgan fingerprint density at radius 3 is 2.67 bits per heavy atom. The summed E-state index contributed by atoms with van der Waals surface area (Å²) in [5.41, 5.74) is 1.10. The monoisotopic (exact) mass is 249 g/mol. The fourth-order valence-electron chi connectivity index (χ4n) is 0.915. The number of hydrogen-bond donors (Lipinski definition) is 1. The van der Waals surface area contributed by atoms with Crippen molar-refractivity contribution in [1.29, 1.82) is 0 Å². The molecule has 1 aromatic rings. The lowest BCUT2D eigenvalue weighted by molar-refractivity contribution is 0.299. The lowest BCUT2D eigenvalue weighted by atomic mass is 10.2. The fraction of sp³-hybridized carbons (Fsp3) is 0.625. The molecule has 0 aromatic carbocycles. The van der Waals surface area contributed by atoms with E-state index in [1.54, 1.807) is 11.3 Å². The maximum absolute atomic E-state index is 8.71. The molecule has 68 valence electrons. The van der Waals surface area contributed by atoms with Crippen LogP contribution in [0, 0.1) is 0 Å². The molecule has 0 aliphatic carbocycles. The van der Waals surface area contributed by atoms with Crippen LogP contribution >= 0.6 is 27.3 Å².